The van der Waals surface area contributed by atoms with Crippen LogP contribution in [-0.2, 0) is 14.3 Å². The Kier molecular flexibility index (Phi) is 7.09. The molecule has 0 aliphatic rings. The molecule has 0 saturated carbocycles. The number of carbonyl (C=O) groups excluding carboxylic acids is 2. The lowest BCUT2D eigenvalue weighted by Crippen LogP contribution is -2.62. The minimum atomic E-state index is -5.11. The normalized spacial score (nSPS) is 14.1. The van der Waals surface area contributed by atoms with E-state index in [0.717, 1.165) is 0 Å². The molecule has 0 heterocycles. The Morgan fingerprint density at radius 3 is 2.24 bits per heavy atom. The molecule has 8 nitrogen and oxygen atoms in total. The minimum absolute atomic E-state index is 0.0957. The molecule has 0 radical (unpaired) electrons. The van der Waals surface area contributed by atoms with E-state index in [9.17, 15) is 27.6 Å². The van der Waals surface area contributed by atoms with Gasteiger partial charge in [0.2, 0.25) is 11.4 Å². The number of carboxylic acid groups (broad SMARTS) is 1. The zero-order chi connectivity index (χ0) is 16.7. The summed E-state index contributed by atoms with van der Waals surface area (Å²) >= 11 is 0. The highest BCUT2D eigenvalue weighted by molar-refractivity contribution is 5.95. The Labute approximate surface area is 118 Å². The van der Waals surface area contributed by atoms with Crippen LogP contribution in [0.2, 0.25) is 0 Å². The molecule has 0 aliphatic carbocycles. The molecule has 0 aromatic rings. The summed E-state index contributed by atoms with van der Waals surface area (Å²) in [6.07, 6.45) is -5.11. The van der Waals surface area contributed by atoms with Crippen LogP contribution < -0.4 is 16.0 Å². The van der Waals surface area contributed by atoms with E-state index in [1.807, 2.05) is 0 Å². The molecule has 0 fully saturated rings. The van der Waals surface area contributed by atoms with Gasteiger partial charge in [-0.15, -0.1) is 0 Å². The second-order valence-electron chi connectivity index (χ2n) is 4.08. The highest BCUT2D eigenvalue weighted by Gasteiger charge is 2.57. The second kappa shape index (κ2) is 7.78. The van der Waals surface area contributed by atoms with Gasteiger partial charge < -0.3 is 15.2 Å². The molecule has 0 rings (SSSR count). The van der Waals surface area contributed by atoms with Crippen molar-refractivity contribution in [3.05, 3.63) is 0 Å². The number of imide groups is 1. The molecule has 122 valence electrons. The zero-order valence-corrected chi connectivity index (χ0v) is 11.3. The molecule has 1 atom stereocenters. The summed E-state index contributed by atoms with van der Waals surface area (Å²) in [5, 5.41) is 14.1. The number of alkyl halides is 3. The first-order chi connectivity index (χ1) is 9.54. The predicted octanol–water partition coefficient (Wildman–Crippen LogP) is -0.546. The van der Waals surface area contributed by atoms with Gasteiger partial charge in [-0.25, -0.2) is 9.59 Å². The SMILES string of the molecule is COCCNC(=O)NC(=O)CNC(C)(C(=O)O)C(F)(F)F. The van der Waals surface area contributed by atoms with Crippen molar-refractivity contribution in [3.63, 3.8) is 0 Å². The standard InChI is InChI=1S/C10H16F3N3O5/c1-9(7(18)19,10(11,12)13)15-5-6(17)16-8(20)14-3-4-21-2/h15H,3-5H2,1-2H3,(H,18,19)(H2,14,16,17,20). The summed E-state index contributed by atoms with van der Waals surface area (Å²) in [5.74, 6) is -3.30. The Balaban J connectivity index is 4.40. The van der Waals surface area contributed by atoms with E-state index in [2.05, 4.69) is 10.1 Å². The summed E-state index contributed by atoms with van der Waals surface area (Å²) in [6.45, 7) is -0.343. The van der Waals surface area contributed by atoms with Crippen LogP contribution >= 0.6 is 0 Å². The van der Waals surface area contributed by atoms with Gasteiger partial charge in [0.25, 0.3) is 0 Å². The van der Waals surface area contributed by atoms with Gasteiger partial charge in [0, 0.05) is 13.7 Å². The molecule has 4 N–H and O–H groups in total. The van der Waals surface area contributed by atoms with E-state index in [1.165, 1.54) is 7.11 Å². The fourth-order valence-corrected chi connectivity index (χ4v) is 1.04. The number of rotatable bonds is 7. The topological polar surface area (TPSA) is 117 Å². The van der Waals surface area contributed by atoms with Crippen molar-refractivity contribution in [3.8, 4) is 0 Å². The summed E-state index contributed by atoms with van der Waals surface area (Å²) in [7, 11) is 1.39. The summed E-state index contributed by atoms with van der Waals surface area (Å²) < 4.78 is 42.4. The molecule has 0 aliphatic heterocycles. The van der Waals surface area contributed by atoms with Crippen molar-refractivity contribution in [1.82, 2.24) is 16.0 Å². The smallest absolute Gasteiger partial charge is 0.417 e. The number of halogens is 3. The predicted molar refractivity (Wildman–Crippen MR) is 63.5 cm³/mol. The minimum Gasteiger partial charge on any atom is -0.480 e. The van der Waals surface area contributed by atoms with E-state index >= 15 is 0 Å². The van der Waals surface area contributed by atoms with Crippen molar-refractivity contribution in [2.45, 2.75) is 18.6 Å². The maximum Gasteiger partial charge on any atom is 0.417 e. The van der Waals surface area contributed by atoms with E-state index in [-0.39, 0.29) is 13.2 Å². The van der Waals surface area contributed by atoms with Gasteiger partial charge >= 0.3 is 18.2 Å². The van der Waals surface area contributed by atoms with E-state index < -0.39 is 36.2 Å². The van der Waals surface area contributed by atoms with Gasteiger partial charge in [0.1, 0.15) is 0 Å². The Hall–Kier alpha value is -1.88. The van der Waals surface area contributed by atoms with Gasteiger partial charge in [-0.2, -0.15) is 13.2 Å². The number of methoxy groups -OCH3 is 1. The lowest BCUT2D eigenvalue weighted by Gasteiger charge is -2.28. The van der Waals surface area contributed by atoms with Crippen LogP contribution in [0.1, 0.15) is 6.92 Å². The largest absolute Gasteiger partial charge is 0.480 e. The number of hydrogen-bond acceptors (Lipinski definition) is 5. The van der Waals surface area contributed by atoms with E-state index in [4.69, 9.17) is 5.11 Å². The molecule has 21 heavy (non-hydrogen) atoms. The maximum atomic E-state index is 12.6. The van der Waals surface area contributed by atoms with Crippen LogP contribution in [-0.4, -0.2) is 61.5 Å². The van der Waals surface area contributed by atoms with Gasteiger partial charge in [-0.3, -0.25) is 15.4 Å². The number of ether oxygens (including phenoxy) is 1. The fraction of sp³-hybridized carbons (Fsp3) is 0.700. The lowest BCUT2D eigenvalue weighted by molar-refractivity contribution is -0.205. The lowest BCUT2D eigenvalue weighted by atomic mass is 10.0. The summed E-state index contributed by atoms with van der Waals surface area (Å²) in [5.41, 5.74) is -3.29. The van der Waals surface area contributed by atoms with Crippen molar-refractivity contribution in [2.75, 3.05) is 26.8 Å². The molecule has 0 bridgehead atoms. The van der Waals surface area contributed by atoms with Gasteiger partial charge in [0.05, 0.1) is 13.2 Å². The number of nitrogens with one attached hydrogen (secondary N) is 3. The third-order valence-corrected chi connectivity index (χ3v) is 2.44. The first kappa shape index (κ1) is 19.1. The Morgan fingerprint density at radius 2 is 1.81 bits per heavy atom. The van der Waals surface area contributed by atoms with Crippen LogP contribution in [0.3, 0.4) is 0 Å². The summed E-state index contributed by atoms with van der Waals surface area (Å²) in [4.78, 5) is 33.0. The summed E-state index contributed by atoms with van der Waals surface area (Å²) in [6, 6.07) is -0.928. The van der Waals surface area contributed by atoms with Crippen molar-refractivity contribution in [1.29, 1.82) is 0 Å². The Morgan fingerprint density at radius 1 is 1.24 bits per heavy atom. The van der Waals surface area contributed by atoms with E-state index in [1.54, 1.807) is 10.6 Å². The van der Waals surface area contributed by atoms with Crippen LogP contribution in [0.25, 0.3) is 0 Å². The number of urea groups is 1. The number of carbonyl (C=O) groups is 3. The van der Waals surface area contributed by atoms with Gasteiger partial charge in [-0.1, -0.05) is 0 Å². The van der Waals surface area contributed by atoms with Crippen LogP contribution in [0.5, 0.6) is 0 Å². The number of amides is 3. The van der Waals surface area contributed by atoms with Crippen molar-refractivity contribution < 1.29 is 37.4 Å². The van der Waals surface area contributed by atoms with Crippen LogP contribution in [0.4, 0.5) is 18.0 Å². The molecule has 1 unspecified atom stereocenters. The monoisotopic (exact) mass is 315 g/mol. The number of carboxylic acids is 1. The Bertz CT molecular complexity index is 402. The first-order valence-corrected chi connectivity index (χ1v) is 5.66. The number of aliphatic carboxylic acids is 1. The molecular formula is C10H16F3N3O5. The fourth-order valence-electron chi connectivity index (χ4n) is 1.04. The molecule has 3 amide bonds. The third-order valence-electron chi connectivity index (χ3n) is 2.44. The van der Waals surface area contributed by atoms with Crippen molar-refractivity contribution in [2.24, 2.45) is 0 Å². The molecular weight excluding hydrogens is 299 g/mol. The third kappa shape index (κ3) is 5.95. The molecule has 11 heteroatoms. The molecule has 0 saturated heterocycles. The number of hydrogen-bond donors (Lipinski definition) is 4. The molecule has 0 spiro atoms. The van der Waals surface area contributed by atoms with E-state index in [0.29, 0.717) is 6.92 Å². The average Bonchev–Trinajstić information content (AvgIpc) is 2.34. The second-order valence-corrected chi connectivity index (χ2v) is 4.08. The zero-order valence-electron chi connectivity index (χ0n) is 11.3. The van der Waals surface area contributed by atoms with Gasteiger partial charge in [-0.05, 0) is 6.92 Å². The average molecular weight is 315 g/mol. The van der Waals surface area contributed by atoms with Crippen LogP contribution in [0, 0.1) is 0 Å². The first-order valence-electron chi connectivity index (χ1n) is 5.66. The van der Waals surface area contributed by atoms with Crippen molar-refractivity contribution >= 4 is 17.9 Å². The molecule has 0 aromatic heterocycles. The molecule has 0 aromatic carbocycles. The quantitative estimate of drug-likeness (QED) is 0.469. The van der Waals surface area contributed by atoms with Crippen LogP contribution in [0.15, 0.2) is 0 Å². The highest BCUT2D eigenvalue weighted by atomic mass is 19.4. The highest BCUT2D eigenvalue weighted by Crippen LogP contribution is 2.30. The maximum absolute atomic E-state index is 12.6. The van der Waals surface area contributed by atoms with Gasteiger partial charge in [0.15, 0.2) is 0 Å².